The molecule has 0 aromatic carbocycles. The van der Waals surface area contributed by atoms with Crippen molar-refractivity contribution >= 4 is 19.9 Å². The average molecular weight is 270 g/mol. The van der Waals surface area contributed by atoms with Crippen LogP contribution in [0.1, 0.15) is 19.3 Å². The second-order valence-electron chi connectivity index (χ2n) is 4.13. The maximum absolute atomic E-state index is 11.2. The summed E-state index contributed by atoms with van der Waals surface area (Å²) in [5.41, 5.74) is 0. The fourth-order valence-corrected chi connectivity index (χ4v) is 4.28. The number of hydrogen-bond acceptors (Lipinski definition) is 5. The van der Waals surface area contributed by atoms with E-state index in [0.717, 1.165) is 12.8 Å². The van der Waals surface area contributed by atoms with Gasteiger partial charge in [-0.25, -0.2) is 21.6 Å². The molecule has 0 radical (unpaired) electrons. The van der Waals surface area contributed by atoms with Gasteiger partial charge in [-0.05, 0) is 25.8 Å². The fourth-order valence-electron chi connectivity index (χ4n) is 1.23. The minimum atomic E-state index is -3.69. The molecule has 0 heterocycles. The number of hydrogen-bond donors (Lipinski definition) is 2. The van der Waals surface area contributed by atoms with Crippen LogP contribution in [0.5, 0.6) is 0 Å². The van der Waals surface area contributed by atoms with Crippen LogP contribution in [-0.2, 0) is 19.9 Å². The summed E-state index contributed by atoms with van der Waals surface area (Å²) in [6.07, 6.45) is 3.96. The van der Waals surface area contributed by atoms with Crippen LogP contribution in [0.2, 0.25) is 0 Å². The molecule has 1 aliphatic rings. The molecule has 1 rings (SSSR count). The number of rotatable bonds is 8. The first-order valence-corrected chi connectivity index (χ1v) is 8.88. The third kappa shape index (κ3) is 7.15. The molecule has 16 heavy (non-hydrogen) atoms. The Morgan fingerprint density at radius 3 is 2.25 bits per heavy atom. The lowest BCUT2D eigenvalue weighted by molar-refractivity contribution is 0.574. The van der Waals surface area contributed by atoms with Crippen molar-refractivity contribution in [2.75, 3.05) is 24.4 Å². The molecule has 1 saturated carbocycles. The van der Waals surface area contributed by atoms with Gasteiger partial charge in [0.25, 0.3) is 0 Å². The predicted octanol–water partition coefficient (Wildman–Crippen LogP) is -0.950. The Kier molecular flexibility index (Phi) is 4.72. The topological polar surface area (TPSA) is 92.3 Å². The lowest BCUT2D eigenvalue weighted by Gasteiger charge is -2.06. The van der Waals surface area contributed by atoms with Gasteiger partial charge < -0.3 is 5.32 Å². The molecule has 0 aromatic heterocycles. The molecule has 96 valence electrons. The van der Waals surface area contributed by atoms with E-state index in [1.165, 1.54) is 12.8 Å². The number of nitrogens with one attached hydrogen (secondary N) is 2. The Bertz CT molecular complexity index is 411. The zero-order valence-electron chi connectivity index (χ0n) is 9.27. The molecule has 8 heteroatoms. The van der Waals surface area contributed by atoms with E-state index in [4.69, 9.17) is 0 Å². The Morgan fingerprint density at radius 1 is 1.12 bits per heavy atom. The van der Waals surface area contributed by atoms with Crippen molar-refractivity contribution in [2.24, 2.45) is 0 Å². The molecule has 0 bridgehead atoms. The monoisotopic (exact) mass is 270 g/mol. The van der Waals surface area contributed by atoms with Gasteiger partial charge in [0.2, 0.25) is 10.0 Å². The smallest absolute Gasteiger partial charge is 0.226 e. The minimum Gasteiger partial charge on any atom is -0.314 e. The van der Waals surface area contributed by atoms with Crippen LogP contribution >= 0.6 is 0 Å². The van der Waals surface area contributed by atoms with Crippen LogP contribution in [0, 0.1) is 0 Å². The second kappa shape index (κ2) is 5.44. The van der Waals surface area contributed by atoms with Crippen LogP contribution in [0.3, 0.4) is 0 Å². The van der Waals surface area contributed by atoms with Crippen molar-refractivity contribution in [3.05, 3.63) is 0 Å². The molecule has 0 spiro atoms. The van der Waals surface area contributed by atoms with Gasteiger partial charge in [-0.15, -0.1) is 0 Å². The van der Waals surface area contributed by atoms with Gasteiger partial charge in [0, 0.05) is 18.8 Å². The molecule has 2 N–H and O–H groups in total. The first-order chi connectivity index (χ1) is 7.29. The van der Waals surface area contributed by atoms with Crippen molar-refractivity contribution in [1.29, 1.82) is 0 Å². The third-order valence-electron chi connectivity index (χ3n) is 2.06. The fraction of sp³-hybridized carbons (Fsp3) is 1.00. The molecule has 0 amide bonds. The Hall–Kier alpha value is -0.180. The van der Waals surface area contributed by atoms with Crippen molar-refractivity contribution in [2.45, 2.75) is 25.3 Å². The molecule has 0 atom stereocenters. The SMILES string of the molecule is CS(=O)(=O)CS(=O)(=O)NCCCNC1CC1. The van der Waals surface area contributed by atoms with Gasteiger partial charge in [-0.1, -0.05) is 0 Å². The first-order valence-electron chi connectivity index (χ1n) is 5.17. The van der Waals surface area contributed by atoms with Crippen LogP contribution in [-0.4, -0.2) is 47.3 Å². The molecule has 6 nitrogen and oxygen atoms in total. The zero-order valence-corrected chi connectivity index (χ0v) is 10.9. The van der Waals surface area contributed by atoms with Crippen molar-refractivity contribution < 1.29 is 16.8 Å². The predicted molar refractivity (Wildman–Crippen MR) is 62.3 cm³/mol. The van der Waals surface area contributed by atoms with E-state index in [0.29, 0.717) is 12.5 Å². The summed E-state index contributed by atoms with van der Waals surface area (Å²) >= 11 is 0. The number of sulfone groups is 1. The van der Waals surface area contributed by atoms with Gasteiger partial charge >= 0.3 is 0 Å². The highest BCUT2D eigenvalue weighted by Gasteiger charge is 2.20. The molecule has 0 unspecified atom stereocenters. The Labute approximate surface area is 96.8 Å². The highest BCUT2D eigenvalue weighted by molar-refractivity contribution is 8.06. The van der Waals surface area contributed by atoms with E-state index in [9.17, 15) is 16.8 Å². The van der Waals surface area contributed by atoms with E-state index < -0.39 is 24.9 Å². The maximum atomic E-state index is 11.2. The van der Waals surface area contributed by atoms with Gasteiger partial charge in [0.05, 0.1) is 0 Å². The molecule has 1 fully saturated rings. The molecule has 0 aromatic rings. The highest BCUT2D eigenvalue weighted by atomic mass is 32.3. The average Bonchev–Trinajstić information content (AvgIpc) is 2.82. The summed E-state index contributed by atoms with van der Waals surface area (Å²) in [4.78, 5) is 0. The molecular weight excluding hydrogens is 252 g/mol. The van der Waals surface area contributed by atoms with Crippen LogP contribution < -0.4 is 10.0 Å². The Morgan fingerprint density at radius 2 is 1.75 bits per heavy atom. The summed E-state index contributed by atoms with van der Waals surface area (Å²) in [5.74, 6) is 0. The standard InChI is InChI=1S/C8H18N2O4S2/c1-15(11,12)7-16(13,14)10-6-2-5-9-8-3-4-8/h8-10H,2-7H2,1H3. The van der Waals surface area contributed by atoms with Crippen LogP contribution in [0.25, 0.3) is 0 Å². The molecule has 1 aliphatic carbocycles. The van der Waals surface area contributed by atoms with Crippen molar-refractivity contribution in [3.8, 4) is 0 Å². The summed E-state index contributed by atoms with van der Waals surface area (Å²) in [6, 6.07) is 0.604. The minimum absolute atomic E-state index is 0.275. The summed E-state index contributed by atoms with van der Waals surface area (Å²) in [5, 5.41) is 2.40. The van der Waals surface area contributed by atoms with E-state index >= 15 is 0 Å². The molecule has 0 aliphatic heterocycles. The van der Waals surface area contributed by atoms with Crippen LogP contribution in [0.4, 0.5) is 0 Å². The highest BCUT2D eigenvalue weighted by Crippen LogP contribution is 2.18. The summed E-state index contributed by atoms with van der Waals surface area (Å²) in [6.45, 7) is 1.03. The van der Waals surface area contributed by atoms with Crippen LogP contribution in [0.15, 0.2) is 0 Å². The zero-order chi connectivity index (χ0) is 12.2. The largest absolute Gasteiger partial charge is 0.314 e. The Balaban J connectivity index is 2.14. The lowest BCUT2D eigenvalue weighted by Crippen LogP contribution is -2.32. The van der Waals surface area contributed by atoms with E-state index in [-0.39, 0.29) is 6.54 Å². The molecular formula is C8H18N2O4S2. The normalized spacial score (nSPS) is 17.6. The lowest BCUT2D eigenvalue weighted by atomic mass is 10.4. The first kappa shape index (κ1) is 13.9. The van der Waals surface area contributed by atoms with Crippen molar-refractivity contribution in [3.63, 3.8) is 0 Å². The maximum Gasteiger partial charge on any atom is 0.226 e. The van der Waals surface area contributed by atoms with Gasteiger partial charge in [-0.3, -0.25) is 0 Å². The van der Waals surface area contributed by atoms with E-state index in [1.807, 2.05) is 0 Å². The quantitative estimate of drug-likeness (QED) is 0.555. The summed E-state index contributed by atoms with van der Waals surface area (Å²) in [7, 11) is -7.18. The van der Waals surface area contributed by atoms with Crippen molar-refractivity contribution in [1.82, 2.24) is 10.0 Å². The summed E-state index contributed by atoms with van der Waals surface area (Å²) < 4.78 is 46.4. The van der Waals surface area contributed by atoms with Gasteiger partial charge in [0.15, 0.2) is 14.9 Å². The second-order valence-corrected chi connectivity index (χ2v) is 8.45. The van der Waals surface area contributed by atoms with E-state index in [1.54, 1.807) is 0 Å². The van der Waals surface area contributed by atoms with Gasteiger partial charge in [-0.2, -0.15) is 0 Å². The third-order valence-corrected chi connectivity index (χ3v) is 5.65. The molecule has 0 saturated heterocycles. The number of sulfonamides is 1. The van der Waals surface area contributed by atoms with Gasteiger partial charge in [0.1, 0.15) is 0 Å². The van der Waals surface area contributed by atoms with E-state index in [2.05, 4.69) is 10.0 Å².